The summed E-state index contributed by atoms with van der Waals surface area (Å²) in [6.45, 7) is 4.88. The molecule has 1 amide bonds. The first-order chi connectivity index (χ1) is 9.27. The van der Waals surface area contributed by atoms with Gasteiger partial charge >= 0.3 is 0 Å². The molecule has 0 bridgehead atoms. The van der Waals surface area contributed by atoms with Crippen LogP contribution in [0.2, 0.25) is 0 Å². The maximum Gasteiger partial charge on any atom is 0.261 e. The highest BCUT2D eigenvalue weighted by molar-refractivity contribution is 8.13. The van der Waals surface area contributed by atoms with Crippen molar-refractivity contribution in [1.29, 1.82) is 0 Å². The largest absolute Gasteiger partial charge is 0.372 e. The molecule has 0 aliphatic carbocycles. The third-order valence-corrected chi connectivity index (χ3v) is 4.46. The molecule has 0 N–H and O–H groups in total. The fourth-order valence-corrected chi connectivity index (χ4v) is 3.06. The van der Waals surface area contributed by atoms with Crippen LogP contribution in [-0.4, -0.2) is 44.5 Å². The van der Waals surface area contributed by atoms with Crippen LogP contribution in [0.5, 0.6) is 0 Å². The second-order valence-corrected chi connectivity index (χ2v) is 7.50. The van der Waals surface area contributed by atoms with E-state index < -0.39 is 9.05 Å². The van der Waals surface area contributed by atoms with Crippen LogP contribution in [0.1, 0.15) is 24.2 Å². The van der Waals surface area contributed by atoms with Gasteiger partial charge in [-0.3, -0.25) is 4.79 Å². The lowest BCUT2D eigenvalue weighted by Gasteiger charge is -2.35. The number of morpholine rings is 1. The molecule has 7 heteroatoms. The van der Waals surface area contributed by atoms with Crippen molar-refractivity contribution < 1.29 is 17.9 Å². The van der Waals surface area contributed by atoms with E-state index in [0.717, 1.165) is 0 Å². The molecule has 2 atom stereocenters. The van der Waals surface area contributed by atoms with Crippen molar-refractivity contribution in [3.05, 3.63) is 29.8 Å². The van der Waals surface area contributed by atoms with Gasteiger partial charge in [0.2, 0.25) is 0 Å². The number of hydrogen-bond acceptors (Lipinski definition) is 4. The minimum atomic E-state index is -3.76. The Kier molecular flexibility index (Phi) is 4.36. The smallest absolute Gasteiger partial charge is 0.261 e. The van der Waals surface area contributed by atoms with Gasteiger partial charge in [0.05, 0.1) is 17.1 Å². The number of benzene rings is 1. The Balaban J connectivity index is 2.17. The normalized spacial score (nSPS) is 23.6. The van der Waals surface area contributed by atoms with Gasteiger partial charge in [-0.25, -0.2) is 8.42 Å². The molecule has 1 fully saturated rings. The molecule has 5 nitrogen and oxygen atoms in total. The van der Waals surface area contributed by atoms with Gasteiger partial charge in [-0.15, -0.1) is 0 Å². The third-order valence-electron chi connectivity index (χ3n) is 3.09. The Morgan fingerprint density at radius 1 is 1.20 bits per heavy atom. The van der Waals surface area contributed by atoms with E-state index in [-0.39, 0.29) is 23.0 Å². The number of carbonyl (C=O) groups excluding carboxylic acids is 1. The molecule has 1 aliphatic heterocycles. The lowest BCUT2D eigenvalue weighted by atomic mass is 10.1. The van der Waals surface area contributed by atoms with E-state index in [1.54, 1.807) is 4.90 Å². The summed E-state index contributed by atoms with van der Waals surface area (Å²) in [4.78, 5) is 14.0. The summed E-state index contributed by atoms with van der Waals surface area (Å²) >= 11 is 0. The van der Waals surface area contributed by atoms with Crippen LogP contribution in [0.4, 0.5) is 0 Å². The number of nitrogens with zero attached hydrogens (tertiary/aromatic N) is 1. The highest BCUT2D eigenvalue weighted by Crippen LogP contribution is 2.18. The highest BCUT2D eigenvalue weighted by atomic mass is 35.7. The van der Waals surface area contributed by atoms with Gasteiger partial charge in [-0.2, -0.15) is 0 Å². The minimum Gasteiger partial charge on any atom is -0.372 e. The van der Waals surface area contributed by atoms with Crippen molar-refractivity contribution in [2.75, 3.05) is 13.1 Å². The molecule has 1 heterocycles. The molecular weight excluding hydrogens is 302 g/mol. The molecule has 0 saturated carbocycles. The summed E-state index contributed by atoms with van der Waals surface area (Å²) in [6, 6.07) is 5.62. The minimum absolute atomic E-state index is 0.00908. The third kappa shape index (κ3) is 3.50. The van der Waals surface area contributed by atoms with Crippen LogP contribution in [0.3, 0.4) is 0 Å². The zero-order valence-corrected chi connectivity index (χ0v) is 12.8. The Hall–Kier alpha value is -1.11. The number of amides is 1. The van der Waals surface area contributed by atoms with E-state index in [9.17, 15) is 13.2 Å². The lowest BCUT2D eigenvalue weighted by Crippen LogP contribution is -2.48. The van der Waals surface area contributed by atoms with Gasteiger partial charge in [0.1, 0.15) is 0 Å². The summed E-state index contributed by atoms with van der Waals surface area (Å²) in [6.07, 6.45) is -0.0182. The number of rotatable bonds is 2. The van der Waals surface area contributed by atoms with Crippen molar-refractivity contribution in [1.82, 2.24) is 4.90 Å². The zero-order valence-electron chi connectivity index (χ0n) is 11.2. The molecule has 0 spiro atoms. The second kappa shape index (κ2) is 5.71. The van der Waals surface area contributed by atoms with Crippen LogP contribution in [0.25, 0.3) is 0 Å². The number of hydrogen-bond donors (Lipinski definition) is 0. The summed E-state index contributed by atoms with van der Waals surface area (Å²) < 4.78 is 27.9. The average Bonchev–Trinajstić information content (AvgIpc) is 2.36. The van der Waals surface area contributed by atoms with E-state index in [0.29, 0.717) is 18.7 Å². The molecule has 1 aromatic carbocycles. The molecule has 2 rings (SSSR count). The molecule has 0 aromatic heterocycles. The molecule has 20 heavy (non-hydrogen) atoms. The van der Waals surface area contributed by atoms with Crippen LogP contribution in [-0.2, 0) is 13.8 Å². The van der Waals surface area contributed by atoms with Crippen molar-refractivity contribution >= 4 is 25.6 Å². The number of carbonyl (C=O) groups is 1. The average molecular weight is 318 g/mol. The Morgan fingerprint density at radius 2 is 1.70 bits per heavy atom. The van der Waals surface area contributed by atoms with Crippen LogP contribution in [0, 0.1) is 0 Å². The van der Waals surface area contributed by atoms with Crippen molar-refractivity contribution in [3.63, 3.8) is 0 Å². The first kappa shape index (κ1) is 15.3. The van der Waals surface area contributed by atoms with E-state index in [2.05, 4.69) is 0 Å². The highest BCUT2D eigenvalue weighted by Gasteiger charge is 2.26. The maximum atomic E-state index is 12.3. The topological polar surface area (TPSA) is 63.7 Å². The summed E-state index contributed by atoms with van der Waals surface area (Å²) in [5, 5.41) is 0. The maximum absolute atomic E-state index is 12.3. The van der Waals surface area contributed by atoms with E-state index >= 15 is 0 Å². The van der Waals surface area contributed by atoms with Gasteiger partial charge in [-0.1, -0.05) is 0 Å². The number of halogens is 1. The van der Waals surface area contributed by atoms with Gasteiger partial charge in [0.15, 0.2) is 0 Å². The molecule has 2 unspecified atom stereocenters. The van der Waals surface area contributed by atoms with Crippen molar-refractivity contribution in [2.45, 2.75) is 31.0 Å². The van der Waals surface area contributed by atoms with Crippen molar-refractivity contribution in [2.24, 2.45) is 0 Å². The fourth-order valence-electron chi connectivity index (χ4n) is 2.29. The lowest BCUT2D eigenvalue weighted by molar-refractivity contribution is -0.0586. The zero-order chi connectivity index (χ0) is 14.9. The summed E-state index contributed by atoms with van der Waals surface area (Å²) in [5.41, 5.74) is 0.440. The molecule has 1 aromatic rings. The van der Waals surface area contributed by atoms with Gasteiger partial charge in [0, 0.05) is 29.3 Å². The second-order valence-electron chi connectivity index (χ2n) is 4.93. The van der Waals surface area contributed by atoms with Gasteiger partial charge in [-0.05, 0) is 38.1 Å². The molecule has 1 saturated heterocycles. The molecule has 1 aliphatic rings. The fraction of sp³-hybridized carbons (Fsp3) is 0.462. The first-order valence-corrected chi connectivity index (χ1v) is 8.58. The van der Waals surface area contributed by atoms with E-state index in [1.807, 2.05) is 13.8 Å². The Labute approximate surface area is 122 Å². The van der Waals surface area contributed by atoms with Gasteiger partial charge < -0.3 is 9.64 Å². The monoisotopic (exact) mass is 317 g/mol. The van der Waals surface area contributed by atoms with Gasteiger partial charge in [0.25, 0.3) is 15.0 Å². The van der Waals surface area contributed by atoms with Crippen LogP contribution < -0.4 is 0 Å². The molecule has 0 radical (unpaired) electrons. The molecule has 110 valence electrons. The predicted octanol–water partition coefficient (Wildman–Crippen LogP) is 1.86. The van der Waals surface area contributed by atoms with Crippen LogP contribution in [0.15, 0.2) is 29.2 Å². The van der Waals surface area contributed by atoms with E-state index in [4.69, 9.17) is 15.4 Å². The number of ether oxygens (including phenoxy) is 1. The summed E-state index contributed by atoms with van der Waals surface area (Å²) in [5.74, 6) is -0.134. The Morgan fingerprint density at radius 3 is 2.15 bits per heavy atom. The summed E-state index contributed by atoms with van der Waals surface area (Å²) in [7, 11) is 1.48. The quantitative estimate of drug-likeness (QED) is 0.781. The van der Waals surface area contributed by atoms with Crippen molar-refractivity contribution in [3.8, 4) is 0 Å². The first-order valence-electron chi connectivity index (χ1n) is 6.27. The molecular formula is C13H16ClNO4S. The van der Waals surface area contributed by atoms with E-state index in [1.165, 1.54) is 24.3 Å². The SMILES string of the molecule is CC1CN(C(=O)c2ccc(S(=O)(=O)Cl)cc2)CC(C)O1. The standard InChI is InChI=1S/C13H16ClNO4S/c1-9-7-15(8-10(2)19-9)13(16)11-3-5-12(6-4-11)20(14,17)18/h3-6,9-10H,7-8H2,1-2H3. The van der Waals surface area contributed by atoms with Crippen LogP contribution >= 0.6 is 10.7 Å². The predicted molar refractivity (Wildman–Crippen MR) is 75.4 cm³/mol. The Bertz CT molecular complexity index is 589.